The van der Waals surface area contributed by atoms with Crippen LogP contribution in [0.1, 0.15) is 6.92 Å². The summed E-state index contributed by atoms with van der Waals surface area (Å²) in [6.07, 6.45) is 1.06. The highest BCUT2D eigenvalue weighted by Gasteiger charge is 2.27. The van der Waals surface area contributed by atoms with E-state index in [4.69, 9.17) is 9.79 Å². The molecule has 0 spiro atoms. The van der Waals surface area contributed by atoms with Gasteiger partial charge in [-0.05, 0) is 6.92 Å². The Kier molecular flexibility index (Phi) is 4.77. The number of hydrogen-bond acceptors (Lipinski definition) is 3. The summed E-state index contributed by atoms with van der Waals surface area (Å²) in [6, 6.07) is 0. The molecular weight excluding hydrogens is 207 g/mol. The first-order valence-corrected chi connectivity index (χ1v) is 5.47. The third kappa shape index (κ3) is 4.37. The summed E-state index contributed by atoms with van der Waals surface area (Å²) in [5.74, 6) is -0.676. The maximum Gasteiger partial charge on any atom is 0.335 e. The van der Waals surface area contributed by atoms with Crippen molar-refractivity contribution in [1.29, 1.82) is 0 Å². The van der Waals surface area contributed by atoms with Crippen LogP contribution in [0.3, 0.4) is 0 Å². The number of carbonyl (C=O) groups is 1. The van der Waals surface area contributed by atoms with Crippen molar-refractivity contribution in [2.45, 2.75) is 12.6 Å². The third-order valence-corrected chi connectivity index (χ3v) is 2.66. The quantitative estimate of drug-likeness (QED) is 0.310. The van der Waals surface area contributed by atoms with E-state index in [2.05, 4.69) is 17.9 Å². The summed E-state index contributed by atoms with van der Waals surface area (Å²) in [4.78, 5) is 28.4. The Balaban J connectivity index is 4.24. The largest absolute Gasteiger partial charge is 0.461 e. The van der Waals surface area contributed by atoms with Crippen LogP contribution in [0.2, 0.25) is 0 Å². The summed E-state index contributed by atoms with van der Waals surface area (Å²) >= 11 is 0. The van der Waals surface area contributed by atoms with E-state index in [1.807, 2.05) is 0 Å². The van der Waals surface area contributed by atoms with Crippen molar-refractivity contribution in [1.82, 2.24) is 0 Å². The normalized spacial score (nSPS) is 13.1. The fraction of sp³-hybridized carbons (Fsp3) is 0.375. The highest BCUT2D eigenvalue weighted by molar-refractivity contribution is 7.52. The van der Waals surface area contributed by atoms with Gasteiger partial charge in [-0.2, -0.15) is 0 Å². The molecule has 0 aromatic heterocycles. The molecule has 0 aliphatic heterocycles. The third-order valence-electron chi connectivity index (χ3n) is 1.44. The number of ether oxygens (including phenoxy) is 1. The van der Waals surface area contributed by atoms with Crippen LogP contribution < -0.4 is 0 Å². The maximum absolute atomic E-state index is 10.9. The second kappa shape index (κ2) is 5.10. The molecule has 2 N–H and O–H groups in total. The number of esters is 1. The van der Waals surface area contributed by atoms with Crippen LogP contribution in [-0.4, -0.2) is 28.0 Å². The van der Waals surface area contributed by atoms with Crippen LogP contribution >= 0.6 is 7.60 Å². The van der Waals surface area contributed by atoms with Gasteiger partial charge in [0.05, 0.1) is 0 Å². The van der Waals surface area contributed by atoms with Crippen LogP contribution in [-0.2, 0) is 14.1 Å². The zero-order valence-electron chi connectivity index (χ0n) is 7.84. The van der Waals surface area contributed by atoms with Crippen molar-refractivity contribution < 1.29 is 23.9 Å². The lowest BCUT2D eigenvalue weighted by atomic mass is 10.3. The van der Waals surface area contributed by atoms with E-state index in [1.165, 1.54) is 6.92 Å². The number of hydrogen-bond donors (Lipinski definition) is 2. The van der Waals surface area contributed by atoms with Crippen molar-refractivity contribution >= 4 is 13.6 Å². The smallest absolute Gasteiger partial charge is 0.335 e. The standard InChI is InChI=1S/C8H13O5P/c1-4-7(14(10,11)12)5-13-8(9)6(2)3/h4,7H,1-2,5H2,3H3,(H2,10,11,12). The zero-order chi connectivity index (χ0) is 11.4. The van der Waals surface area contributed by atoms with E-state index in [0.717, 1.165) is 6.08 Å². The fourth-order valence-corrected chi connectivity index (χ4v) is 1.13. The Hall–Kier alpha value is -0.900. The predicted octanol–water partition coefficient (Wildman–Crippen LogP) is 0.838. The molecule has 14 heavy (non-hydrogen) atoms. The molecule has 0 heterocycles. The fourth-order valence-electron chi connectivity index (χ4n) is 0.587. The van der Waals surface area contributed by atoms with Crippen molar-refractivity contribution in [3.63, 3.8) is 0 Å². The Morgan fingerprint density at radius 3 is 2.43 bits per heavy atom. The Morgan fingerprint density at radius 2 is 2.14 bits per heavy atom. The molecule has 5 nitrogen and oxygen atoms in total. The van der Waals surface area contributed by atoms with Gasteiger partial charge in [-0.1, -0.05) is 12.7 Å². The second-order valence-corrected chi connectivity index (χ2v) is 4.61. The highest BCUT2D eigenvalue weighted by atomic mass is 31.2. The lowest BCUT2D eigenvalue weighted by Gasteiger charge is -2.14. The monoisotopic (exact) mass is 220 g/mol. The van der Waals surface area contributed by atoms with Crippen LogP contribution in [0, 0.1) is 0 Å². The summed E-state index contributed by atoms with van der Waals surface area (Å²) in [6.45, 7) is 7.63. The molecule has 1 atom stereocenters. The van der Waals surface area contributed by atoms with E-state index in [0.29, 0.717) is 0 Å². The molecule has 0 aliphatic rings. The molecule has 0 bridgehead atoms. The minimum absolute atomic E-state index is 0.179. The average molecular weight is 220 g/mol. The minimum atomic E-state index is -4.29. The molecule has 0 aromatic carbocycles. The lowest BCUT2D eigenvalue weighted by Crippen LogP contribution is -2.17. The first-order chi connectivity index (χ1) is 6.29. The summed E-state index contributed by atoms with van der Waals surface area (Å²) < 4.78 is 15.3. The second-order valence-electron chi connectivity index (χ2n) is 2.77. The summed E-state index contributed by atoms with van der Waals surface area (Å²) in [5.41, 5.74) is -0.982. The maximum atomic E-state index is 10.9. The SMILES string of the molecule is C=CC(COC(=O)C(=C)C)P(=O)(O)O. The van der Waals surface area contributed by atoms with Gasteiger partial charge in [0.15, 0.2) is 0 Å². The number of carbonyl (C=O) groups excluding carboxylic acids is 1. The van der Waals surface area contributed by atoms with Gasteiger partial charge in [-0.25, -0.2) is 4.79 Å². The van der Waals surface area contributed by atoms with Gasteiger partial charge in [-0.15, -0.1) is 6.58 Å². The van der Waals surface area contributed by atoms with Gasteiger partial charge in [0.25, 0.3) is 0 Å². The lowest BCUT2D eigenvalue weighted by molar-refractivity contribution is -0.138. The Labute approximate surface area is 82.2 Å². The molecule has 80 valence electrons. The van der Waals surface area contributed by atoms with Gasteiger partial charge in [0.2, 0.25) is 0 Å². The molecule has 1 unspecified atom stereocenters. The van der Waals surface area contributed by atoms with E-state index in [-0.39, 0.29) is 12.2 Å². The molecule has 0 rings (SSSR count). The zero-order valence-corrected chi connectivity index (χ0v) is 8.74. The average Bonchev–Trinajstić information content (AvgIpc) is 2.02. The summed E-state index contributed by atoms with van der Waals surface area (Å²) in [5, 5.41) is 0. The van der Waals surface area contributed by atoms with Crippen molar-refractivity contribution in [3.8, 4) is 0 Å². The molecule has 0 saturated heterocycles. The molecule has 0 aromatic rings. The molecule has 0 aliphatic carbocycles. The van der Waals surface area contributed by atoms with E-state index < -0.39 is 19.2 Å². The minimum Gasteiger partial charge on any atom is -0.461 e. The van der Waals surface area contributed by atoms with Crippen molar-refractivity contribution in [3.05, 3.63) is 24.8 Å². The van der Waals surface area contributed by atoms with Crippen LogP contribution in [0.25, 0.3) is 0 Å². The van der Waals surface area contributed by atoms with Gasteiger partial charge in [-0.3, -0.25) is 4.57 Å². The topological polar surface area (TPSA) is 83.8 Å². The van der Waals surface area contributed by atoms with E-state index >= 15 is 0 Å². The summed E-state index contributed by atoms with van der Waals surface area (Å²) in [7, 11) is -4.29. The van der Waals surface area contributed by atoms with E-state index in [1.54, 1.807) is 0 Å². The molecule has 0 radical (unpaired) electrons. The molecule has 0 fully saturated rings. The number of rotatable bonds is 5. The molecule has 0 saturated carbocycles. The molecule has 0 amide bonds. The first kappa shape index (κ1) is 13.1. The molecule has 6 heteroatoms. The molecular formula is C8H13O5P. The van der Waals surface area contributed by atoms with Crippen LogP contribution in [0.15, 0.2) is 24.8 Å². The van der Waals surface area contributed by atoms with Crippen molar-refractivity contribution in [2.75, 3.05) is 6.61 Å². The van der Waals surface area contributed by atoms with Crippen LogP contribution in [0.5, 0.6) is 0 Å². The predicted molar refractivity (Wildman–Crippen MR) is 51.8 cm³/mol. The van der Waals surface area contributed by atoms with Gasteiger partial charge >= 0.3 is 13.6 Å². The van der Waals surface area contributed by atoms with Gasteiger partial charge in [0.1, 0.15) is 12.3 Å². The van der Waals surface area contributed by atoms with Crippen LogP contribution in [0.4, 0.5) is 0 Å². The van der Waals surface area contributed by atoms with Crippen molar-refractivity contribution in [2.24, 2.45) is 0 Å². The first-order valence-electron chi connectivity index (χ1n) is 3.79. The Bertz CT molecular complexity index is 290. The van der Waals surface area contributed by atoms with Gasteiger partial charge in [0, 0.05) is 5.57 Å². The van der Waals surface area contributed by atoms with E-state index in [9.17, 15) is 9.36 Å². The Morgan fingerprint density at radius 1 is 1.64 bits per heavy atom. The highest BCUT2D eigenvalue weighted by Crippen LogP contribution is 2.41. The van der Waals surface area contributed by atoms with Gasteiger partial charge < -0.3 is 14.5 Å².